The van der Waals surface area contributed by atoms with Crippen LogP contribution in [0.1, 0.15) is 25.7 Å². The molecule has 0 heterocycles. The van der Waals surface area contributed by atoms with Gasteiger partial charge in [0.2, 0.25) is 0 Å². The van der Waals surface area contributed by atoms with Crippen LogP contribution in [0.4, 0.5) is 0 Å². The molecule has 0 radical (unpaired) electrons. The van der Waals surface area contributed by atoms with Crippen LogP contribution in [0.15, 0.2) is 25.3 Å². The molecule has 0 bridgehead atoms. The maximum atomic E-state index is 11.2. The SMILES string of the molecule is C=CC(=O)OC(S)(CCCCCS)OC(=O)C=C. The van der Waals surface area contributed by atoms with Crippen LogP contribution in [0.3, 0.4) is 0 Å². The van der Waals surface area contributed by atoms with Crippen molar-refractivity contribution in [2.45, 2.75) is 30.8 Å². The molecule has 0 atom stereocenters. The smallest absolute Gasteiger partial charge is 0.334 e. The van der Waals surface area contributed by atoms with E-state index >= 15 is 0 Å². The van der Waals surface area contributed by atoms with Gasteiger partial charge in [-0.3, -0.25) is 0 Å². The third kappa shape index (κ3) is 7.45. The van der Waals surface area contributed by atoms with Crippen molar-refractivity contribution in [3.8, 4) is 0 Å². The second kappa shape index (κ2) is 9.10. The summed E-state index contributed by atoms with van der Waals surface area (Å²) in [5, 5.41) is -1.58. The fraction of sp³-hybridized carbons (Fsp3) is 0.500. The van der Waals surface area contributed by atoms with E-state index in [9.17, 15) is 9.59 Å². The zero-order valence-electron chi connectivity index (χ0n) is 10.1. The number of hydrogen-bond acceptors (Lipinski definition) is 6. The molecule has 0 N–H and O–H groups in total. The van der Waals surface area contributed by atoms with Gasteiger partial charge in [-0.1, -0.05) is 32.2 Å². The Morgan fingerprint density at radius 1 is 1.06 bits per heavy atom. The quantitative estimate of drug-likeness (QED) is 0.225. The van der Waals surface area contributed by atoms with E-state index in [-0.39, 0.29) is 0 Å². The summed E-state index contributed by atoms with van der Waals surface area (Å²) in [7, 11) is 0. The number of carbonyl (C=O) groups is 2. The minimum Gasteiger partial charge on any atom is -0.410 e. The number of hydrogen-bond donors (Lipinski definition) is 2. The first-order valence-electron chi connectivity index (χ1n) is 5.51. The van der Waals surface area contributed by atoms with Gasteiger partial charge in [0.05, 0.1) is 0 Å². The van der Waals surface area contributed by atoms with E-state index in [2.05, 4.69) is 38.4 Å². The van der Waals surface area contributed by atoms with Gasteiger partial charge in [0, 0.05) is 18.6 Å². The molecule has 6 heteroatoms. The lowest BCUT2D eigenvalue weighted by Crippen LogP contribution is -2.34. The van der Waals surface area contributed by atoms with Crippen LogP contribution in [0, 0.1) is 0 Å². The van der Waals surface area contributed by atoms with E-state index in [1.54, 1.807) is 0 Å². The molecule has 4 nitrogen and oxygen atoms in total. The second-order valence-corrected chi connectivity index (χ2v) is 4.63. The van der Waals surface area contributed by atoms with Crippen LogP contribution in [0.25, 0.3) is 0 Å². The Hall–Kier alpha value is -0.880. The predicted octanol–water partition coefficient (Wildman–Crippen LogP) is 2.52. The molecular formula is C12H18O4S2. The van der Waals surface area contributed by atoms with Crippen molar-refractivity contribution in [1.29, 1.82) is 0 Å². The standard InChI is InChI=1S/C12H18O4S2/c1-3-10(13)15-12(18,16-11(14)4-2)8-6-5-7-9-17/h3-4,17-18H,1-2,5-9H2. The zero-order chi connectivity index (χ0) is 14.0. The molecule has 0 aliphatic rings. The minimum absolute atomic E-state index is 0.295. The topological polar surface area (TPSA) is 52.6 Å². The van der Waals surface area contributed by atoms with Crippen LogP contribution in [0.2, 0.25) is 0 Å². The normalized spacial score (nSPS) is 10.6. The molecule has 0 aromatic heterocycles. The molecule has 0 saturated heterocycles. The van der Waals surface area contributed by atoms with Crippen molar-refractivity contribution in [3.05, 3.63) is 25.3 Å². The summed E-state index contributed by atoms with van der Waals surface area (Å²) in [6.45, 7) is 6.55. The van der Waals surface area contributed by atoms with Crippen LogP contribution in [-0.4, -0.2) is 22.8 Å². The average Bonchev–Trinajstić information content (AvgIpc) is 2.34. The van der Waals surface area contributed by atoms with Gasteiger partial charge in [0.1, 0.15) is 0 Å². The molecule has 0 rings (SSSR count). The van der Waals surface area contributed by atoms with Gasteiger partial charge >= 0.3 is 17.1 Å². The number of thiol groups is 2. The fourth-order valence-electron chi connectivity index (χ4n) is 1.16. The molecular weight excluding hydrogens is 272 g/mol. The summed E-state index contributed by atoms with van der Waals surface area (Å²) in [5.41, 5.74) is 0. The third-order valence-electron chi connectivity index (χ3n) is 2.00. The summed E-state index contributed by atoms with van der Waals surface area (Å²) in [4.78, 5) is 22.3. The largest absolute Gasteiger partial charge is 0.410 e. The highest BCUT2D eigenvalue weighted by Crippen LogP contribution is 2.26. The van der Waals surface area contributed by atoms with E-state index < -0.39 is 17.1 Å². The number of rotatable bonds is 9. The zero-order valence-corrected chi connectivity index (χ0v) is 11.9. The fourth-order valence-corrected chi connectivity index (χ4v) is 1.72. The van der Waals surface area contributed by atoms with E-state index in [0.717, 1.165) is 30.7 Å². The van der Waals surface area contributed by atoms with Crippen molar-refractivity contribution in [3.63, 3.8) is 0 Å². The highest BCUT2D eigenvalue weighted by molar-refractivity contribution is 7.81. The van der Waals surface area contributed by atoms with Gasteiger partial charge in [-0.2, -0.15) is 12.6 Å². The van der Waals surface area contributed by atoms with Crippen molar-refractivity contribution >= 4 is 37.2 Å². The second-order valence-electron chi connectivity index (χ2n) is 3.50. The summed E-state index contributed by atoms with van der Waals surface area (Å²) in [5.74, 6) is -0.620. The first-order chi connectivity index (χ1) is 8.47. The van der Waals surface area contributed by atoms with Crippen molar-refractivity contribution in [2.75, 3.05) is 5.75 Å². The summed E-state index contributed by atoms with van der Waals surface area (Å²) >= 11 is 8.20. The maximum absolute atomic E-state index is 11.2. The Morgan fingerprint density at radius 2 is 1.56 bits per heavy atom. The van der Waals surface area contributed by atoms with Crippen molar-refractivity contribution in [1.82, 2.24) is 0 Å². The Balaban J connectivity index is 4.47. The molecule has 0 fully saturated rings. The molecule has 0 saturated carbocycles. The van der Waals surface area contributed by atoms with Gasteiger partial charge in [-0.25, -0.2) is 9.59 Å². The van der Waals surface area contributed by atoms with E-state index in [1.807, 2.05) is 0 Å². The lowest BCUT2D eigenvalue weighted by atomic mass is 10.2. The van der Waals surface area contributed by atoms with E-state index in [1.165, 1.54) is 0 Å². The molecule has 0 spiro atoms. The van der Waals surface area contributed by atoms with Crippen molar-refractivity contribution in [2.24, 2.45) is 0 Å². The monoisotopic (exact) mass is 290 g/mol. The molecule has 102 valence electrons. The Morgan fingerprint density at radius 3 is 1.94 bits per heavy atom. The van der Waals surface area contributed by atoms with Crippen LogP contribution in [0.5, 0.6) is 0 Å². The molecule has 0 aromatic carbocycles. The molecule has 0 aliphatic carbocycles. The summed E-state index contributed by atoms with van der Waals surface area (Å²) in [6, 6.07) is 0. The van der Waals surface area contributed by atoms with Crippen LogP contribution >= 0.6 is 25.3 Å². The average molecular weight is 290 g/mol. The first kappa shape index (κ1) is 17.1. The lowest BCUT2D eigenvalue weighted by Gasteiger charge is -2.26. The number of carbonyl (C=O) groups excluding carboxylic acids is 2. The van der Waals surface area contributed by atoms with Gasteiger partial charge in [0.15, 0.2) is 0 Å². The van der Waals surface area contributed by atoms with Gasteiger partial charge in [-0.15, -0.1) is 0 Å². The Kier molecular flexibility index (Phi) is 8.66. The predicted molar refractivity (Wildman–Crippen MR) is 76.6 cm³/mol. The van der Waals surface area contributed by atoms with E-state index in [0.29, 0.717) is 12.8 Å². The Bertz CT molecular complexity index is 293. The lowest BCUT2D eigenvalue weighted by molar-refractivity contribution is -0.191. The van der Waals surface area contributed by atoms with Gasteiger partial charge < -0.3 is 9.47 Å². The third-order valence-corrected chi connectivity index (χ3v) is 2.73. The molecule has 0 unspecified atom stereocenters. The highest BCUT2D eigenvalue weighted by Gasteiger charge is 2.32. The molecule has 0 aromatic rings. The van der Waals surface area contributed by atoms with Gasteiger partial charge in [-0.05, 0) is 18.6 Å². The van der Waals surface area contributed by atoms with E-state index in [4.69, 9.17) is 9.47 Å². The number of unbranched alkanes of at least 4 members (excludes halogenated alkanes) is 2. The number of esters is 2. The van der Waals surface area contributed by atoms with Gasteiger partial charge in [0.25, 0.3) is 0 Å². The first-order valence-corrected chi connectivity index (χ1v) is 6.59. The van der Waals surface area contributed by atoms with Crippen molar-refractivity contribution < 1.29 is 19.1 Å². The molecule has 0 aliphatic heterocycles. The van der Waals surface area contributed by atoms with Crippen LogP contribution < -0.4 is 0 Å². The molecule has 18 heavy (non-hydrogen) atoms. The number of ether oxygens (including phenoxy) is 2. The maximum Gasteiger partial charge on any atom is 0.334 e. The summed E-state index contributed by atoms with van der Waals surface area (Å²) < 4.78 is 9.87. The highest BCUT2D eigenvalue weighted by atomic mass is 32.1. The Labute approximate surface area is 118 Å². The minimum atomic E-state index is -1.58. The summed E-state index contributed by atoms with van der Waals surface area (Å²) in [6.07, 6.45) is 4.77. The molecule has 0 amide bonds. The van der Waals surface area contributed by atoms with Crippen LogP contribution in [-0.2, 0) is 19.1 Å².